The summed E-state index contributed by atoms with van der Waals surface area (Å²) in [5, 5.41) is 3.29. The van der Waals surface area contributed by atoms with Gasteiger partial charge in [-0.1, -0.05) is 13.8 Å². The molecule has 2 heterocycles. The van der Waals surface area contributed by atoms with Crippen molar-refractivity contribution in [2.24, 2.45) is 0 Å². The third kappa shape index (κ3) is 2.98. The Bertz CT molecular complexity index is 575. The van der Waals surface area contributed by atoms with Crippen LogP contribution in [0.3, 0.4) is 0 Å². The van der Waals surface area contributed by atoms with Gasteiger partial charge in [0.1, 0.15) is 18.0 Å². The minimum Gasteiger partial charge on any atom is -0.310 e. The quantitative estimate of drug-likeness (QED) is 0.920. The van der Waals surface area contributed by atoms with Crippen molar-refractivity contribution in [3.8, 4) is 5.82 Å². The van der Waals surface area contributed by atoms with E-state index < -0.39 is 0 Å². The zero-order valence-corrected chi connectivity index (χ0v) is 11.7. The second-order valence-corrected chi connectivity index (χ2v) is 4.96. The molecule has 102 valence electrons. The highest BCUT2D eigenvalue weighted by Crippen LogP contribution is 2.17. The van der Waals surface area contributed by atoms with Crippen LogP contribution < -0.4 is 5.32 Å². The molecule has 0 bridgehead atoms. The molecule has 2 aromatic heterocycles. The first-order chi connectivity index (χ1) is 8.99. The van der Waals surface area contributed by atoms with Crippen LogP contribution in [0.4, 0.5) is 4.39 Å². The van der Waals surface area contributed by atoms with E-state index in [4.69, 9.17) is 0 Å². The second kappa shape index (κ2) is 5.48. The molecule has 0 unspecified atom stereocenters. The molecule has 0 aliphatic heterocycles. The molecule has 0 atom stereocenters. The average molecular weight is 262 g/mol. The Hall–Kier alpha value is -1.75. The molecule has 0 aromatic carbocycles. The van der Waals surface area contributed by atoms with Crippen molar-refractivity contribution in [2.45, 2.75) is 40.3 Å². The summed E-state index contributed by atoms with van der Waals surface area (Å²) in [5.74, 6) is 0.409. The third-order valence-electron chi connectivity index (χ3n) is 3.09. The normalized spacial score (nSPS) is 11.3. The zero-order valence-electron chi connectivity index (χ0n) is 11.7. The van der Waals surface area contributed by atoms with E-state index >= 15 is 0 Å². The van der Waals surface area contributed by atoms with Crippen molar-refractivity contribution < 1.29 is 4.39 Å². The Labute approximate surface area is 112 Å². The van der Waals surface area contributed by atoms with Crippen molar-refractivity contribution in [3.63, 3.8) is 0 Å². The summed E-state index contributed by atoms with van der Waals surface area (Å²) in [7, 11) is 0. The zero-order chi connectivity index (χ0) is 14.0. The molecular weight excluding hydrogens is 243 g/mol. The second-order valence-electron chi connectivity index (χ2n) is 4.96. The fourth-order valence-corrected chi connectivity index (χ4v) is 1.85. The molecule has 0 radical (unpaired) electrons. The van der Waals surface area contributed by atoms with Gasteiger partial charge < -0.3 is 5.32 Å². The monoisotopic (exact) mass is 262 g/mol. The summed E-state index contributed by atoms with van der Waals surface area (Å²) in [6.45, 7) is 8.61. The highest BCUT2D eigenvalue weighted by molar-refractivity contribution is 5.36. The lowest BCUT2D eigenvalue weighted by atomic mass is 10.2. The van der Waals surface area contributed by atoms with Gasteiger partial charge in [0.25, 0.3) is 0 Å². The molecule has 2 aromatic rings. The standard InChI is InChI=1S/C14H19FN4/c1-9(2)16-6-12-5-13(15)7-17-14(12)19-8-18-10(3)11(19)4/h5,7-9,16H,6H2,1-4H3. The summed E-state index contributed by atoms with van der Waals surface area (Å²) in [6.07, 6.45) is 2.97. The van der Waals surface area contributed by atoms with E-state index in [0.717, 1.165) is 22.8 Å². The number of aryl methyl sites for hydroxylation is 1. The predicted octanol–water partition coefficient (Wildman–Crippen LogP) is 2.52. The predicted molar refractivity (Wildman–Crippen MR) is 72.8 cm³/mol. The first kappa shape index (κ1) is 13.7. The van der Waals surface area contributed by atoms with E-state index in [1.165, 1.54) is 12.3 Å². The molecule has 0 saturated heterocycles. The van der Waals surface area contributed by atoms with Crippen LogP contribution in [0.25, 0.3) is 5.82 Å². The van der Waals surface area contributed by atoms with Gasteiger partial charge in [0.2, 0.25) is 0 Å². The van der Waals surface area contributed by atoms with Crippen molar-refractivity contribution in [1.29, 1.82) is 0 Å². The van der Waals surface area contributed by atoms with Crippen LogP contribution in [0, 0.1) is 19.7 Å². The molecule has 4 nitrogen and oxygen atoms in total. The number of aromatic nitrogens is 3. The molecular formula is C14H19FN4. The van der Waals surface area contributed by atoms with E-state index in [2.05, 4.69) is 29.1 Å². The molecule has 19 heavy (non-hydrogen) atoms. The molecule has 0 spiro atoms. The minimum atomic E-state index is -0.321. The van der Waals surface area contributed by atoms with Crippen molar-refractivity contribution >= 4 is 0 Å². The van der Waals surface area contributed by atoms with Gasteiger partial charge in [0.05, 0.1) is 11.9 Å². The van der Waals surface area contributed by atoms with Crippen LogP contribution in [-0.4, -0.2) is 20.6 Å². The van der Waals surface area contributed by atoms with Crippen molar-refractivity contribution in [3.05, 3.63) is 41.4 Å². The SMILES string of the molecule is Cc1ncn(-c2ncc(F)cc2CNC(C)C)c1C. The van der Waals surface area contributed by atoms with Crippen LogP contribution in [0.15, 0.2) is 18.6 Å². The summed E-state index contributed by atoms with van der Waals surface area (Å²) in [6, 6.07) is 1.86. The Morgan fingerprint density at radius 2 is 2.05 bits per heavy atom. The van der Waals surface area contributed by atoms with Gasteiger partial charge in [-0.05, 0) is 19.9 Å². The van der Waals surface area contributed by atoms with E-state index in [1.54, 1.807) is 6.33 Å². The van der Waals surface area contributed by atoms with Gasteiger partial charge in [-0.25, -0.2) is 14.4 Å². The Morgan fingerprint density at radius 1 is 1.32 bits per heavy atom. The van der Waals surface area contributed by atoms with Gasteiger partial charge in [0.15, 0.2) is 0 Å². The lowest BCUT2D eigenvalue weighted by Crippen LogP contribution is -2.23. The largest absolute Gasteiger partial charge is 0.310 e. The van der Waals surface area contributed by atoms with Crippen LogP contribution in [-0.2, 0) is 6.54 Å². The number of hydrogen-bond acceptors (Lipinski definition) is 3. The molecule has 0 amide bonds. The number of pyridine rings is 1. The number of halogens is 1. The lowest BCUT2D eigenvalue weighted by molar-refractivity contribution is 0.575. The molecule has 1 N–H and O–H groups in total. The van der Waals surface area contributed by atoms with Crippen LogP contribution in [0.5, 0.6) is 0 Å². The maximum Gasteiger partial charge on any atom is 0.142 e. The highest BCUT2D eigenvalue weighted by Gasteiger charge is 2.12. The van der Waals surface area contributed by atoms with Gasteiger partial charge in [-0.15, -0.1) is 0 Å². The number of imidazole rings is 1. The third-order valence-corrected chi connectivity index (χ3v) is 3.09. The summed E-state index contributed by atoms with van der Waals surface area (Å²) < 4.78 is 15.3. The van der Waals surface area contributed by atoms with Gasteiger partial charge in [0, 0.05) is 23.8 Å². The number of rotatable bonds is 4. The number of nitrogens with zero attached hydrogens (tertiary/aromatic N) is 3. The smallest absolute Gasteiger partial charge is 0.142 e. The average Bonchev–Trinajstić information content (AvgIpc) is 2.68. The van der Waals surface area contributed by atoms with E-state index in [0.29, 0.717) is 12.6 Å². The number of hydrogen-bond donors (Lipinski definition) is 1. The Balaban J connectivity index is 2.42. The molecule has 2 rings (SSSR count). The Morgan fingerprint density at radius 3 is 2.63 bits per heavy atom. The maximum atomic E-state index is 13.4. The number of nitrogens with one attached hydrogen (secondary N) is 1. The minimum absolute atomic E-state index is 0.321. The molecule has 0 fully saturated rings. The van der Waals surface area contributed by atoms with Crippen LogP contribution in [0.1, 0.15) is 30.8 Å². The van der Waals surface area contributed by atoms with Crippen molar-refractivity contribution in [2.75, 3.05) is 0 Å². The molecule has 0 aliphatic carbocycles. The first-order valence-corrected chi connectivity index (χ1v) is 6.37. The summed E-state index contributed by atoms with van der Waals surface area (Å²) in [4.78, 5) is 8.47. The molecule has 0 saturated carbocycles. The topological polar surface area (TPSA) is 42.7 Å². The lowest BCUT2D eigenvalue weighted by Gasteiger charge is -2.13. The fourth-order valence-electron chi connectivity index (χ4n) is 1.85. The van der Waals surface area contributed by atoms with Gasteiger partial charge in [-0.3, -0.25) is 4.57 Å². The highest BCUT2D eigenvalue weighted by atomic mass is 19.1. The van der Waals surface area contributed by atoms with Crippen LogP contribution >= 0.6 is 0 Å². The van der Waals surface area contributed by atoms with Crippen molar-refractivity contribution in [1.82, 2.24) is 19.9 Å². The summed E-state index contributed by atoms with van der Waals surface area (Å²) in [5.41, 5.74) is 2.80. The van der Waals surface area contributed by atoms with Gasteiger partial charge in [-0.2, -0.15) is 0 Å². The first-order valence-electron chi connectivity index (χ1n) is 6.37. The van der Waals surface area contributed by atoms with E-state index in [-0.39, 0.29) is 5.82 Å². The Kier molecular flexibility index (Phi) is 3.95. The summed E-state index contributed by atoms with van der Waals surface area (Å²) >= 11 is 0. The molecule has 0 aliphatic rings. The van der Waals surface area contributed by atoms with E-state index in [9.17, 15) is 4.39 Å². The molecule has 5 heteroatoms. The maximum absolute atomic E-state index is 13.4. The van der Waals surface area contributed by atoms with Crippen LogP contribution in [0.2, 0.25) is 0 Å². The van der Waals surface area contributed by atoms with E-state index in [1.807, 2.05) is 18.4 Å². The fraction of sp³-hybridized carbons (Fsp3) is 0.429. The van der Waals surface area contributed by atoms with Gasteiger partial charge >= 0.3 is 0 Å².